The van der Waals surface area contributed by atoms with Gasteiger partial charge in [0.05, 0.1) is 6.61 Å². The number of halogens is 1. The molecule has 0 aromatic heterocycles. The van der Waals surface area contributed by atoms with Gasteiger partial charge in [-0.05, 0) is 46.3 Å². The van der Waals surface area contributed by atoms with Crippen molar-refractivity contribution in [1.29, 1.82) is 0 Å². The summed E-state index contributed by atoms with van der Waals surface area (Å²) in [5, 5.41) is 0. The molecule has 0 saturated carbocycles. The Morgan fingerprint density at radius 3 is 2.61 bits per heavy atom. The molecule has 0 heterocycles. The first kappa shape index (κ1) is 13.3. The quantitative estimate of drug-likeness (QED) is 0.508. The molecule has 2 nitrogen and oxygen atoms in total. The molecule has 0 saturated heterocycles. The van der Waals surface area contributed by atoms with Crippen molar-refractivity contribution in [3.63, 3.8) is 0 Å². The third kappa shape index (κ3) is 3.96. The smallest absolute Gasteiger partial charge is 0.119 e. The molecule has 4 heteroatoms. The average molecular weight is 324 g/mol. The molecule has 0 spiro atoms. The van der Waals surface area contributed by atoms with E-state index in [2.05, 4.69) is 15.9 Å². The molecule has 0 amide bonds. The molecule has 2 aromatic rings. The van der Waals surface area contributed by atoms with Gasteiger partial charge in [-0.3, -0.25) is 0 Å². The number of benzene rings is 2. The summed E-state index contributed by atoms with van der Waals surface area (Å²) in [4.78, 5) is 1.18. The van der Waals surface area contributed by atoms with Crippen LogP contribution in [0.4, 0.5) is 5.69 Å². The van der Waals surface area contributed by atoms with E-state index in [4.69, 9.17) is 10.5 Å². The van der Waals surface area contributed by atoms with Crippen molar-refractivity contribution in [2.45, 2.75) is 4.90 Å². The Morgan fingerprint density at radius 1 is 1.11 bits per heavy atom. The minimum Gasteiger partial charge on any atom is -0.493 e. The summed E-state index contributed by atoms with van der Waals surface area (Å²) in [7, 11) is 0. The Morgan fingerprint density at radius 2 is 1.89 bits per heavy atom. The van der Waals surface area contributed by atoms with Crippen LogP contribution >= 0.6 is 27.7 Å². The molecule has 94 valence electrons. The van der Waals surface area contributed by atoms with Gasteiger partial charge in [0.25, 0.3) is 0 Å². The first-order chi connectivity index (χ1) is 8.75. The van der Waals surface area contributed by atoms with E-state index in [0.717, 1.165) is 21.7 Å². The molecular weight excluding hydrogens is 310 g/mol. The van der Waals surface area contributed by atoms with Crippen LogP contribution in [0.1, 0.15) is 0 Å². The molecule has 0 aliphatic carbocycles. The van der Waals surface area contributed by atoms with Crippen molar-refractivity contribution in [1.82, 2.24) is 0 Å². The molecule has 18 heavy (non-hydrogen) atoms. The maximum Gasteiger partial charge on any atom is 0.119 e. The summed E-state index contributed by atoms with van der Waals surface area (Å²) >= 11 is 5.25. The maximum absolute atomic E-state index is 5.69. The lowest BCUT2D eigenvalue weighted by Gasteiger charge is -2.07. The van der Waals surface area contributed by atoms with Crippen LogP contribution in [0.15, 0.2) is 57.9 Å². The SMILES string of the molecule is Nc1ccc(SCCOc2ccccc2)c(Br)c1. The van der Waals surface area contributed by atoms with E-state index in [1.807, 2.05) is 48.5 Å². The van der Waals surface area contributed by atoms with Crippen molar-refractivity contribution in [3.05, 3.63) is 53.0 Å². The van der Waals surface area contributed by atoms with Gasteiger partial charge in [0.15, 0.2) is 0 Å². The highest BCUT2D eigenvalue weighted by molar-refractivity contribution is 9.10. The fraction of sp³-hybridized carbons (Fsp3) is 0.143. The van der Waals surface area contributed by atoms with Crippen LogP contribution in [0.5, 0.6) is 5.75 Å². The van der Waals surface area contributed by atoms with Crippen molar-refractivity contribution in [2.24, 2.45) is 0 Å². The first-order valence-electron chi connectivity index (χ1n) is 5.61. The Hall–Kier alpha value is -1.13. The van der Waals surface area contributed by atoms with Crippen LogP contribution in [-0.2, 0) is 0 Å². The minimum absolute atomic E-state index is 0.686. The Kier molecular flexibility index (Phi) is 4.96. The Bertz CT molecular complexity index is 504. The summed E-state index contributed by atoms with van der Waals surface area (Å²) in [6.07, 6.45) is 0. The summed E-state index contributed by atoms with van der Waals surface area (Å²) in [6.45, 7) is 0.686. The molecule has 0 unspecified atom stereocenters. The van der Waals surface area contributed by atoms with E-state index >= 15 is 0 Å². The number of thioether (sulfide) groups is 1. The monoisotopic (exact) mass is 323 g/mol. The zero-order valence-corrected chi connectivity index (χ0v) is 12.2. The van der Waals surface area contributed by atoms with Crippen molar-refractivity contribution < 1.29 is 4.74 Å². The molecule has 0 atom stereocenters. The summed E-state index contributed by atoms with van der Waals surface area (Å²) < 4.78 is 6.66. The number of ether oxygens (including phenoxy) is 1. The fourth-order valence-corrected chi connectivity index (χ4v) is 2.95. The summed E-state index contributed by atoms with van der Waals surface area (Å²) in [6, 6.07) is 15.7. The van der Waals surface area contributed by atoms with E-state index in [1.165, 1.54) is 4.90 Å². The van der Waals surface area contributed by atoms with Gasteiger partial charge in [0.1, 0.15) is 5.75 Å². The Labute approximate surface area is 120 Å². The number of para-hydroxylation sites is 1. The van der Waals surface area contributed by atoms with Gasteiger partial charge >= 0.3 is 0 Å². The number of hydrogen-bond donors (Lipinski definition) is 1. The van der Waals surface area contributed by atoms with E-state index in [9.17, 15) is 0 Å². The van der Waals surface area contributed by atoms with Gasteiger partial charge in [-0.15, -0.1) is 11.8 Å². The lowest BCUT2D eigenvalue weighted by Crippen LogP contribution is -1.99. The van der Waals surface area contributed by atoms with Gasteiger partial charge in [-0.1, -0.05) is 18.2 Å². The second-order valence-electron chi connectivity index (χ2n) is 3.70. The van der Waals surface area contributed by atoms with E-state index in [-0.39, 0.29) is 0 Å². The number of nitrogen functional groups attached to an aromatic ring is 1. The van der Waals surface area contributed by atoms with Gasteiger partial charge in [-0.25, -0.2) is 0 Å². The standard InChI is InChI=1S/C14H14BrNOS/c15-13-10-11(16)6-7-14(13)18-9-8-17-12-4-2-1-3-5-12/h1-7,10H,8-9,16H2. The van der Waals surface area contributed by atoms with Gasteiger partial charge in [0.2, 0.25) is 0 Å². The lowest BCUT2D eigenvalue weighted by molar-refractivity contribution is 0.344. The van der Waals surface area contributed by atoms with Crippen molar-refractivity contribution in [3.8, 4) is 5.75 Å². The van der Waals surface area contributed by atoms with E-state index in [1.54, 1.807) is 11.8 Å². The van der Waals surface area contributed by atoms with Gasteiger partial charge in [0, 0.05) is 20.8 Å². The van der Waals surface area contributed by atoms with Crippen LogP contribution in [0, 0.1) is 0 Å². The molecular formula is C14H14BrNOS. The van der Waals surface area contributed by atoms with E-state index < -0.39 is 0 Å². The van der Waals surface area contributed by atoms with Crippen LogP contribution < -0.4 is 10.5 Å². The second-order valence-corrected chi connectivity index (χ2v) is 5.69. The third-order valence-electron chi connectivity index (χ3n) is 2.31. The fourth-order valence-electron chi connectivity index (χ4n) is 1.46. The van der Waals surface area contributed by atoms with Crippen LogP contribution in [0.3, 0.4) is 0 Å². The molecule has 0 radical (unpaired) electrons. The summed E-state index contributed by atoms with van der Waals surface area (Å²) in [5.41, 5.74) is 6.46. The predicted molar refractivity (Wildman–Crippen MR) is 81.2 cm³/mol. The highest BCUT2D eigenvalue weighted by Gasteiger charge is 2.01. The number of rotatable bonds is 5. The third-order valence-corrected chi connectivity index (χ3v) is 4.27. The lowest BCUT2D eigenvalue weighted by atomic mass is 10.3. The molecule has 0 aliphatic rings. The highest BCUT2D eigenvalue weighted by atomic mass is 79.9. The van der Waals surface area contributed by atoms with Crippen LogP contribution in [0.2, 0.25) is 0 Å². The zero-order valence-electron chi connectivity index (χ0n) is 9.80. The van der Waals surface area contributed by atoms with Crippen molar-refractivity contribution in [2.75, 3.05) is 18.1 Å². The van der Waals surface area contributed by atoms with Crippen LogP contribution in [-0.4, -0.2) is 12.4 Å². The molecule has 0 aliphatic heterocycles. The molecule has 2 aromatic carbocycles. The predicted octanol–water partition coefficient (Wildman–Crippen LogP) is 4.20. The Balaban J connectivity index is 1.79. The highest BCUT2D eigenvalue weighted by Crippen LogP contribution is 2.29. The molecule has 2 N–H and O–H groups in total. The number of anilines is 1. The zero-order chi connectivity index (χ0) is 12.8. The van der Waals surface area contributed by atoms with Crippen molar-refractivity contribution >= 4 is 33.4 Å². The van der Waals surface area contributed by atoms with Crippen LogP contribution in [0.25, 0.3) is 0 Å². The van der Waals surface area contributed by atoms with Gasteiger partial charge in [-0.2, -0.15) is 0 Å². The molecule has 0 bridgehead atoms. The number of nitrogens with two attached hydrogens (primary N) is 1. The van der Waals surface area contributed by atoms with E-state index in [0.29, 0.717) is 6.61 Å². The maximum atomic E-state index is 5.69. The first-order valence-corrected chi connectivity index (χ1v) is 7.39. The largest absolute Gasteiger partial charge is 0.493 e. The van der Waals surface area contributed by atoms with Gasteiger partial charge < -0.3 is 10.5 Å². The topological polar surface area (TPSA) is 35.2 Å². The normalized spacial score (nSPS) is 10.3. The summed E-state index contributed by atoms with van der Waals surface area (Å²) in [5.74, 6) is 1.81. The second kappa shape index (κ2) is 6.71. The number of hydrogen-bond acceptors (Lipinski definition) is 3. The molecule has 2 rings (SSSR count). The average Bonchev–Trinajstić information content (AvgIpc) is 2.38. The molecule has 0 fully saturated rings. The minimum atomic E-state index is 0.686.